The number of aryl methyl sites for hydroxylation is 1. The normalized spacial score (nSPS) is 18.7. The minimum atomic E-state index is -3.21. The third kappa shape index (κ3) is 4.20. The van der Waals surface area contributed by atoms with E-state index < -0.39 is 16.0 Å². The van der Waals surface area contributed by atoms with Crippen molar-refractivity contribution < 1.29 is 22.7 Å². The van der Waals surface area contributed by atoms with Gasteiger partial charge in [-0.15, -0.1) is 11.3 Å². The van der Waals surface area contributed by atoms with Crippen LogP contribution in [0.4, 0.5) is 5.00 Å². The molecule has 1 aromatic heterocycles. The van der Waals surface area contributed by atoms with Crippen molar-refractivity contribution in [2.45, 2.75) is 45.4 Å². The van der Waals surface area contributed by atoms with Crippen LogP contribution in [0.25, 0.3) is 0 Å². The van der Waals surface area contributed by atoms with Gasteiger partial charge in [-0.25, -0.2) is 17.5 Å². The van der Waals surface area contributed by atoms with Crippen molar-refractivity contribution in [3.63, 3.8) is 0 Å². The standard InChI is InChI=1S/C18H26N2O5S2/c1-3-27(23,24)20-10-8-12(9-11-20)16(21)19-17-15(18(22)25-2)13-6-4-5-7-14(13)26-17/h12H,3-11H2,1-2H3,(H,19,21). The highest BCUT2D eigenvalue weighted by Gasteiger charge is 2.32. The fourth-order valence-electron chi connectivity index (χ4n) is 3.76. The lowest BCUT2D eigenvalue weighted by atomic mass is 9.95. The first kappa shape index (κ1) is 20.3. The van der Waals surface area contributed by atoms with Gasteiger partial charge in [0.25, 0.3) is 0 Å². The number of hydrogen-bond acceptors (Lipinski definition) is 6. The molecular formula is C18H26N2O5S2. The van der Waals surface area contributed by atoms with Crippen LogP contribution in [0.3, 0.4) is 0 Å². The maximum Gasteiger partial charge on any atom is 0.341 e. The summed E-state index contributed by atoms with van der Waals surface area (Å²) in [5.74, 6) is -0.730. The molecule has 1 fully saturated rings. The molecule has 1 aliphatic heterocycles. The van der Waals surface area contributed by atoms with Gasteiger partial charge in [-0.2, -0.15) is 0 Å². The smallest absolute Gasteiger partial charge is 0.341 e. The number of ether oxygens (including phenoxy) is 1. The van der Waals surface area contributed by atoms with E-state index in [0.717, 1.165) is 36.1 Å². The summed E-state index contributed by atoms with van der Waals surface area (Å²) in [6.07, 6.45) is 4.86. The Morgan fingerprint density at radius 3 is 2.52 bits per heavy atom. The SMILES string of the molecule is CCS(=O)(=O)N1CCC(C(=O)Nc2sc3c(c2C(=O)OC)CCCC3)CC1. The average Bonchev–Trinajstić information content (AvgIpc) is 3.05. The second-order valence-electron chi connectivity index (χ2n) is 6.97. The number of rotatable bonds is 5. The highest BCUT2D eigenvalue weighted by Crippen LogP contribution is 2.39. The van der Waals surface area contributed by atoms with Crippen LogP contribution in [0.15, 0.2) is 0 Å². The number of piperidine rings is 1. The summed E-state index contributed by atoms with van der Waals surface area (Å²) in [4.78, 5) is 26.2. The van der Waals surface area contributed by atoms with Crippen LogP contribution in [0.2, 0.25) is 0 Å². The zero-order valence-electron chi connectivity index (χ0n) is 15.7. The molecule has 1 aliphatic carbocycles. The van der Waals surface area contributed by atoms with Crippen LogP contribution in [0, 0.1) is 5.92 Å². The van der Waals surface area contributed by atoms with Gasteiger partial charge in [0.2, 0.25) is 15.9 Å². The molecule has 1 amide bonds. The molecule has 0 unspecified atom stereocenters. The number of thiophene rings is 1. The first-order valence-corrected chi connectivity index (χ1v) is 11.8. The second kappa shape index (κ2) is 8.28. The predicted molar refractivity (Wildman–Crippen MR) is 105 cm³/mol. The molecule has 7 nitrogen and oxygen atoms in total. The van der Waals surface area contributed by atoms with Gasteiger partial charge in [0.05, 0.1) is 18.4 Å². The number of esters is 1. The van der Waals surface area contributed by atoms with Gasteiger partial charge in [0, 0.05) is 23.9 Å². The minimum absolute atomic E-state index is 0.0765. The molecule has 3 rings (SSSR count). The average molecular weight is 415 g/mol. The van der Waals surface area contributed by atoms with Crippen LogP contribution in [0.1, 0.15) is 53.4 Å². The summed E-state index contributed by atoms with van der Waals surface area (Å²) in [5, 5.41) is 3.50. The van der Waals surface area contributed by atoms with Gasteiger partial charge in [-0.05, 0) is 51.0 Å². The van der Waals surface area contributed by atoms with Gasteiger partial charge in [-0.1, -0.05) is 0 Å². The van der Waals surface area contributed by atoms with Gasteiger partial charge < -0.3 is 10.1 Å². The fraction of sp³-hybridized carbons (Fsp3) is 0.667. The number of sulfonamides is 1. The van der Waals surface area contributed by atoms with Crippen molar-refractivity contribution in [3.05, 3.63) is 16.0 Å². The molecule has 150 valence electrons. The van der Waals surface area contributed by atoms with Crippen LogP contribution < -0.4 is 5.32 Å². The number of nitrogens with zero attached hydrogens (tertiary/aromatic N) is 1. The maximum absolute atomic E-state index is 12.7. The van der Waals surface area contributed by atoms with Crippen molar-refractivity contribution in [1.82, 2.24) is 4.31 Å². The summed E-state index contributed by atoms with van der Waals surface area (Å²) in [6.45, 7) is 2.35. The van der Waals surface area contributed by atoms with Gasteiger partial charge in [-0.3, -0.25) is 4.79 Å². The number of carbonyl (C=O) groups is 2. The van der Waals surface area contributed by atoms with Crippen molar-refractivity contribution in [3.8, 4) is 0 Å². The van der Waals surface area contributed by atoms with Gasteiger partial charge in [0.15, 0.2) is 0 Å². The topological polar surface area (TPSA) is 92.8 Å². The Bertz CT molecular complexity index is 823. The molecule has 0 saturated carbocycles. The fourth-order valence-corrected chi connectivity index (χ4v) is 6.18. The Hall–Kier alpha value is -1.45. The summed E-state index contributed by atoms with van der Waals surface area (Å²) in [6, 6.07) is 0. The van der Waals surface area contributed by atoms with Gasteiger partial charge >= 0.3 is 5.97 Å². The summed E-state index contributed by atoms with van der Waals surface area (Å²) < 4.78 is 30.3. The zero-order valence-corrected chi connectivity index (χ0v) is 17.4. The van der Waals surface area contributed by atoms with E-state index in [-0.39, 0.29) is 17.6 Å². The predicted octanol–water partition coefficient (Wildman–Crippen LogP) is 2.41. The third-order valence-corrected chi connectivity index (χ3v) is 8.47. The minimum Gasteiger partial charge on any atom is -0.465 e. The van der Waals surface area contributed by atoms with Crippen LogP contribution >= 0.6 is 11.3 Å². The first-order valence-electron chi connectivity index (χ1n) is 9.39. The molecule has 0 bridgehead atoms. The lowest BCUT2D eigenvalue weighted by molar-refractivity contribution is -0.120. The molecule has 1 N–H and O–H groups in total. The largest absolute Gasteiger partial charge is 0.465 e. The Labute approximate surface area is 164 Å². The van der Waals surface area contributed by atoms with E-state index in [0.29, 0.717) is 36.5 Å². The molecule has 0 radical (unpaired) electrons. The van der Waals surface area contributed by atoms with E-state index in [2.05, 4.69) is 5.32 Å². The molecule has 9 heteroatoms. The van der Waals surface area contributed by atoms with Crippen LogP contribution in [0.5, 0.6) is 0 Å². The Morgan fingerprint density at radius 1 is 1.22 bits per heavy atom. The lowest BCUT2D eigenvalue weighted by Gasteiger charge is -2.30. The zero-order chi connectivity index (χ0) is 19.6. The lowest BCUT2D eigenvalue weighted by Crippen LogP contribution is -2.42. The summed E-state index contributed by atoms with van der Waals surface area (Å²) >= 11 is 1.47. The molecular weight excluding hydrogens is 388 g/mol. The van der Waals surface area contributed by atoms with E-state index in [1.807, 2.05) is 0 Å². The van der Waals surface area contributed by atoms with Crippen molar-refractivity contribution in [2.75, 3.05) is 31.3 Å². The number of anilines is 1. The first-order chi connectivity index (χ1) is 12.9. The Kier molecular flexibility index (Phi) is 6.22. The highest BCUT2D eigenvalue weighted by atomic mass is 32.2. The monoisotopic (exact) mass is 414 g/mol. The van der Waals surface area contributed by atoms with E-state index in [1.165, 1.54) is 22.8 Å². The van der Waals surface area contributed by atoms with Crippen molar-refractivity contribution in [2.24, 2.45) is 5.92 Å². The summed E-state index contributed by atoms with van der Waals surface area (Å²) in [5.41, 5.74) is 1.51. The molecule has 2 aliphatic rings. The number of fused-ring (bicyclic) bond motifs is 1. The number of amides is 1. The van der Waals surface area contributed by atoms with Crippen molar-refractivity contribution in [1.29, 1.82) is 0 Å². The maximum atomic E-state index is 12.7. The molecule has 0 atom stereocenters. The van der Waals surface area contributed by atoms with E-state index in [9.17, 15) is 18.0 Å². The number of nitrogens with one attached hydrogen (secondary N) is 1. The molecule has 0 aromatic carbocycles. The second-order valence-corrected chi connectivity index (χ2v) is 10.3. The van der Waals surface area contributed by atoms with E-state index in [4.69, 9.17) is 4.74 Å². The quantitative estimate of drug-likeness (QED) is 0.747. The van der Waals surface area contributed by atoms with Crippen LogP contribution in [-0.4, -0.2) is 50.6 Å². The van der Waals surface area contributed by atoms with E-state index >= 15 is 0 Å². The molecule has 27 heavy (non-hydrogen) atoms. The Morgan fingerprint density at radius 2 is 1.89 bits per heavy atom. The summed E-state index contributed by atoms with van der Waals surface area (Å²) in [7, 11) is -1.86. The third-order valence-electron chi connectivity index (χ3n) is 5.38. The number of hydrogen-bond donors (Lipinski definition) is 1. The van der Waals surface area contributed by atoms with E-state index in [1.54, 1.807) is 6.92 Å². The Balaban J connectivity index is 1.72. The molecule has 1 saturated heterocycles. The van der Waals surface area contributed by atoms with Crippen LogP contribution in [-0.2, 0) is 32.4 Å². The van der Waals surface area contributed by atoms with Gasteiger partial charge in [0.1, 0.15) is 5.00 Å². The van der Waals surface area contributed by atoms with Crippen molar-refractivity contribution >= 4 is 38.2 Å². The molecule has 1 aromatic rings. The highest BCUT2D eigenvalue weighted by molar-refractivity contribution is 7.89. The number of carbonyl (C=O) groups excluding carboxylic acids is 2. The molecule has 0 spiro atoms. The number of methoxy groups -OCH3 is 1. The molecule has 2 heterocycles.